The van der Waals surface area contributed by atoms with Crippen LogP contribution in [-0.2, 0) is 6.18 Å². The molecule has 0 saturated heterocycles. The Bertz CT molecular complexity index is 1020. The first-order chi connectivity index (χ1) is 13.3. The number of hydrogen-bond acceptors (Lipinski definition) is 4. The maximum absolute atomic E-state index is 12.6. The lowest BCUT2D eigenvalue weighted by molar-refractivity contribution is -0.137. The normalized spacial score (nSPS) is 10.8. The highest BCUT2D eigenvalue weighted by Crippen LogP contribution is 2.30. The van der Waals surface area contributed by atoms with E-state index in [1.807, 2.05) is 6.07 Å². The van der Waals surface area contributed by atoms with Crippen LogP contribution in [0.4, 0.5) is 30.2 Å². The number of carbonyl (C=O) groups excluding carboxylic acids is 1. The third-order valence-corrected chi connectivity index (χ3v) is 3.77. The third kappa shape index (κ3) is 4.65. The number of benzene rings is 2. The number of nitrogens with one attached hydrogen (secondary N) is 2. The van der Waals surface area contributed by atoms with E-state index in [0.29, 0.717) is 16.9 Å². The van der Waals surface area contributed by atoms with Crippen LogP contribution < -0.4 is 10.6 Å². The summed E-state index contributed by atoms with van der Waals surface area (Å²) in [6, 6.07) is 14.5. The average Bonchev–Trinajstić information content (AvgIpc) is 2.68. The largest absolute Gasteiger partial charge is 0.416 e. The lowest BCUT2D eigenvalue weighted by Gasteiger charge is -2.10. The Labute approximate surface area is 158 Å². The van der Waals surface area contributed by atoms with Crippen molar-refractivity contribution in [2.24, 2.45) is 0 Å². The highest BCUT2D eigenvalue weighted by Gasteiger charge is 2.30. The molecule has 0 saturated carbocycles. The van der Waals surface area contributed by atoms with E-state index < -0.39 is 17.6 Å². The molecule has 2 aromatic carbocycles. The molecule has 1 amide bonds. The zero-order valence-electron chi connectivity index (χ0n) is 14.3. The van der Waals surface area contributed by atoms with E-state index in [-0.39, 0.29) is 11.3 Å². The zero-order chi connectivity index (χ0) is 20.1. The number of nitrogens with zero attached hydrogens (tertiary/aromatic N) is 2. The van der Waals surface area contributed by atoms with Crippen molar-refractivity contribution in [1.82, 2.24) is 4.98 Å². The van der Waals surface area contributed by atoms with Crippen LogP contribution in [0.15, 0.2) is 67.0 Å². The smallest absolute Gasteiger partial charge is 0.354 e. The first kappa shape index (κ1) is 18.9. The summed E-state index contributed by atoms with van der Waals surface area (Å²) in [5, 5.41) is 14.4. The topological polar surface area (TPSA) is 77.8 Å². The number of halogens is 3. The van der Waals surface area contributed by atoms with Crippen LogP contribution in [0.5, 0.6) is 0 Å². The van der Waals surface area contributed by atoms with E-state index in [4.69, 9.17) is 5.26 Å². The molecule has 140 valence electrons. The Morgan fingerprint density at radius 1 is 0.929 bits per heavy atom. The fourth-order valence-electron chi connectivity index (χ4n) is 2.37. The molecule has 0 bridgehead atoms. The van der Waals surface area contributed by atoms with E-state index >= 15 is 0 Å². The number of alkyl halides is 3. The van der Waals surface area contributed by atoms with Gasteiger partial charge >= 0.3 is 6.18 Å². The van der Waals surface area contributed by atoms with Crippen LogP contribution in [0.1, 0.15) is 21.5 Å². The Kier molecular flexibility index (Phi) is 5.27. The Morgan fingerprint density at radius 2 is 1.57 bits per heavy atom. The molecule has 0 aliphatic rings. The number of anilines is 3. The summed E-state index contributed by atoms with van der Waals surface area (Å²) in [6.45, 7) is 0. The van der Waals surface area contributed by atoms with E-state index in [0.717, 1.165) is 12.1 Å². The summed E-state index contributed by atoms with van der Waals surface area (Å²) < 4.78 is 37.8. The van der Waals surface area contributed by atoms with Crippen molar-refractivity contribution in [3.05, 3.63) is 83.7 Å². The molecule has 2 N–H and O–H groups in total. The summed E-state index contributed by atoms with van der Waals surface area (Å²) in [5.41, 5.74) is 1.46. The molecule has 0 fully saturated rings. The van der Waals surface area contributed by atoms with Crippen LogP contribution in [0.25, 0.3) is 0 Å². The SMILES string of the molecule is N#Cc1ccc(Nc2cncc(C(=O)Nc3ccc(C(F)(F)F)cc3)c2)cc1. The van der Waals surface area contributed by atoms with Crippen LogP contribution >= 0.6 is 0 Å². The standard InChI is InChI=1S/C20H13F3N4O/c21-20(22,23)15-3-7-17(8-4-15)27-19(28)14-9-18(12-25-11-14)26-16-5-1-13(10-24)2-6-16/h1-9,11-12,26H,(H,27,28). The average molecular weight is 382 g/mol. The van der Waals surface area contributed by atoms with E-state index in [1.165, 1.54) is 24.5 Å². The van der Waals surface area contributed by atoms with Gasteiger partial charge in [-0.15, -0.1) is 0 Å². The summed E-state index contributed by atoms with van der Waals surface area (Å²) >= 11 is 0. The molecule has 0 aliphatic heterocycles. The number of pyridine rings is 1. The van der Waals surface area contributed by atoms with Crippen molar-refractivity contribution >= 4 is 23.0 Å². The molecular weight excluding hydrogens is 369 g/mol. The summed E-state index contributed by atoms with van der Waals surface area (Å²) in [7, 11) is 0. The van der Waals surface area contributed by atoms with Gasteiger partial charge in [0, 0.05) is 17.6 Å². The molecule has 0 radical (unpaired) electrons. The van der Waals surface area contributed by atoms with Crippen molar-refractivity contribution in [3.63, 3.8) is 0 Å². The van der Waals surface area contributed by atoms with Gasteiger partial charge in [0.1, 0.15) is 0 Å². The fourth-order valence-corrected chi connectivity index (χ4v) is 2.37. The monoisotopic (exact) mass is 382 g/mol. The van der Waals surface area contributed by atoms with Crippen LogP contribution in [0.3, 0.4) is 0 Å². The highest BCUT2D eigenvalue weighted by atomic mass is 19.4. The van der Waals surface area contributed by atoms with Gasteiger partial charge in [0.15, 0.2) is 0 Å². The molecule has 0 aliphatic carbocycles. The second-order valence-corrected chi connectivity index (χ2v) is 5.81. The van der Waals surface area contributed by atoms with Crippen LogP contribution in [0.2, 0.25) is 0 Å². The second-order valence-electron chi connectivity index (χ2n) is 5.81. The molecule has 8 heteroatoms. The maximum atomic E-state index is 12.6. The number of amides is 1. The Balaban J connectivity index is 1.70. The Hall–Kier alpha value is -3.86. The number of rotatable bonds is 4. The minimum Gasteiger partial charge on any atom is -0.354 e. The maximum Gasteiger partial charge on any atom is 0.416 e. The summed E-state index contributed by atoms with van der Waals surface area (Å²) in [4.78, 5) is 16.3. The summed E-state index contributed by atoms with van der Waals surface area (Å²) in [6.07, 6.45) is -1.56. The van der Waals surface area contributed by atoms with E-state index in [2.05, 4.69) is 15.6 Å². The van der Waals surface area contributed by atoms with Crippen LogP contribution in [-0.4, -0.2) is 10.9 Å². The molecule has 28 heavy (non-hydrogen) atoms. The van der Waals surface area contributed by atoms with Crippen molar-refractivity contribution < 1.29 is 18.0 Å². The predicted molar refractivity (Wildman–Crippen MR) is 98.1 cm³/mol. The number of aromatic nitrogens is 1. The van der Waals surface area contributed by atoms with Crippen molar-refractivity contribution in [2.45, 2.75) is 6.18 Å². The number of nitriles is 1. The zero-order valence-corrected chi connectivity index (χ0v) is 14.3. The van der Waals surface area contributed by atoms with Gasteiger partial charge in [0.05, 0.1) is 34.6 Å². The molecule has 1 heterocycles. The highest BCUT2D eigenvalue weighted by molar-refractivity contribution is 6.04. The molecular formula is C20H13F3N4O. The molecule has 3 aromatic rings. The molecule has 1 aromatic heterocycles. The van der Waals surface area contributed by atoms with E-state index in [1.54, 1.807) is 30.3 Å². The second kappa shape index (κ2) is 7.80. The lowest BCUT2D eigenvalue weighted by Crippen LogP contribution is -2.13. The lowest BCUT2D eigenvalue weighted by atomic mass is 10.2. The van der Waals surface area contributed by atoms with Crippen molar-refractivity contribution in [2.75, 3.05) is 10.6 Å². The van der Waals surface area contributed by atoms with Gasteiger partial charge in [-0.25, -0.2) is 0 Å². The minimum atomic E-state index is -4.43. The number of hydrogen-bond donors (Lipinski definition) is 2. The third-order valence-electron chi connectivity index (χ3n) is 3.77. The van der Waals surface area contributed by atoms with E-state index in [9.17, 15) is 18.0 Å². The van der Waals surface area contributed by atoms with Gasteiger partial charge in [-0.2, -0.15) is 18.4 Å². The first-order valence-electron chi connectivity index (χ1n) is 8.06. The molecule has 0 spiro atoms. The Morgan fingerprint density at radius 3 is 2.18 bits per heavy atom. The van der Waals surface area contributed by atoms with Gasteiger partial charge < -0.3 is 10.6 Å². The first-order valence-corrected chi connectivity index (χ1v) is 8.06. The van der Waals surface area contributed by atoms with Gasteiger partial charge in [-0.1, -0.05) is 0 Å². The molecule has 5 nitrogen and oxygen atoms in total. The predicted octanol–water partition coefficient (Wildman–Crippen LogP) is 4.97. The molecule has 0 unspecified atom stereocenters. The van der Waals surface area contributed by atoms with Crippen LogP contribution in [0, 0.1) is 11.3 Å². The summed E-state index contributed by atoms with van der Waals surface area (Å²) in [5.74, 6) is -0.504. The van der Waals surface area contributed by atoms with Gasteiger partial charge in [-0.05, 0) is 54.6 Å². The number of carbonyl (C=O) groups is 1. The quantitative estimate of drug-likeness (QED) is 0.668. The van der Waals surface area contributed by atoms with Gasteiger partial charge in [-0.3, -0.25) is 9.78 Å². The van der Waals surface area contributed by atoms with Gasteiger partial charge in [0.25, 0.3) is 5.91 Å². The minimum absolute atomic E-state index is 0.235. The fraction of sp³-hybridized carbons (Fsp3) is 0.0500. The van der Waals surface area contributed by atoms with Gasteiger partial charge in [0.2, 0.25) is 0 Å². The van der Waals surface area contributed by atoms with Crippen molar-refractivity contribution in [3.8, 4) is 6.07 Å². The molecule has 3 rings (SSSR count). The molecule has 0 atom stereocenters. The van der Waals surface area contributed by atoms with Crippen molar-refractivity contribution in [1.29, 1.82) is 5.26 Å².